The van der Waals surface area contributed by atoms with Gasteiger partial charge in [-0.1, -0.05) is 33.8 Å². The van der Waals surface area contributed by atoms with E-state index in [9.17, 15) is 24.2 Å². The molecule has 0 bridgehead atoms. The van der Waals surface area contributed by atoms with Gasteiger partial charge in [-0.2, -0.15) is 0 Å². The molecule has 10 heteroatoms. The fourth-order valence-electron chi connectivity index (χ4n) is 5.24. The Morgan fingerprint density at radius 1 is 1.07 bits per heavy atom. The van der Waals surface area contributed by atoms with Crippen molar-refractivity contribution in [1.82, 2.24) is 10.6 Å². The van der Waals surface area contributed by atoms with Crippen LogP contribution in [0.25, 0.3) is 0 Å². The molecule has 0 spiro atoms. The zero-order valence-electron chi connectivity index (χ0n) is 28.1. The van der Waals surface area contributed by atoms with Crippen LogP contribution in [0.5, 0.6) is 5.75 Å². The summed E-state index contributed by atoms with van der Waals surface area (Å²) >= 11 is 0. The van der Waals surface area contributed by atoms with E-state index < -0.39 is 35.6 Å². The second-order valence-electron chi connectivity index (χ2n) is 14.2. The minimum Gasteiger partial charge on any atom is -0.490 e. The normalized spacial score (nSPS) is 17.1. The first-order valence-corrected chi connectivity index (χ1v) is 16.1. The van der Waals surface area contributed by atoms with Gasteiger partial charge in [0.2, 0.25) is 5.91 Å². The molecular weight excluding hydrogens is 567 g/mol. The number of halogens is 1. The highest BCUT2D eigenvalue weighted by atomic mass is 19.1. The monoisotopic (exact) mass is 624 g/mol. The van der Waals surface area contributed by atoms with Crippen molar-refractivity contribution in [3.63, 3.8) is 0 Å². The predicted octanol–water partition coefficient (Wildman–Crippen LogP) is 5.25. The summed E-state index contributed by atoms with van der Waals surface area (Å²) in [6.07, 6.45) is 1.88. The lowest BCUT2D eigenvalue weighted by Crippen LogP contribution is -2.49. The maximum absolute atomic E-state index is 14.5. The van der Waals surface area contributed by atoms with Crippen molar-refractivity contribution in [1.29, 1.82) is 0 Å². The number of aliphatic hydroxyl groups is 2. The lowest BCUT2D eigenvalue weighted by Gasteiger charge is -2.33. The Labute approximate surface area is 263 Å². The Kier molecular flexibility index (Phi) is 14.9. The number of hydrogen-bond acceptors (Lipinski definition) is 7. The quantitative estimate of drug-likeness (QED) is 0.155. The average Bonchev–Trinajstić information content (AvgIpc) is 3.72. The first-order valence-electron chi connectivity index (χ1n) is 16.1. The summed E-state index contributed by atoms with van der Waals surface area (Å²) in [4.78, 5) is 26.1. The third-order valence-electron chi connectivity index (χ3n) is 8.48. The standard InChI is InChI=1S/C34H57FN2O7/c1-22(2)25(16-24-10-11-27(35)30(17-24)43-15-9-14-42-8)18-28(37-32(41)44-33(5,6)7)29(39)19-26(23(3)4)31(40)36-20-34(21-38)12-13-34/h10-11,17,22-23,25-26,28-29,38-39H,9,12-16,18-21H2,1-8H3,(H,36,40)(H,37,41)/t25-,26-,28-,29-/m0/s1. The maximum Gasteiger partial charge on any atom is 0.407 e. The SMILES string of the molecule is COCCCOc1cc(C[C@@H](C[C@H](NC(=O)OC(C)(C)C)[C@@H](O)C[C@H](C(=O)NCC2(CO)CC2)C(C)C)C(C)C)ccc1F. The van der Waals surface area contributed by atoms with E-state index in [1.165, 1.54) is 6.07 Å². The lowest BCUT2D eigenvalue weighted by atomic mass is 9.80. The number of ether oxygens (including phenoxy) is 3. The second kappa shape index (κ2) is 17.3. The lowest BCUT2D eigenvalue weighted by molar-refractivity contribution is -0.128. The van der Waals surface area contributed by atoms with Crippen LogP contribution < -0.4 is 15.4 Å². The molecule has 1 aromatic carbocycles. The number of aliphatic hydroxyl groups excluding tert-OH is 2. The number of benzene rings is 1. The van der Waals surface area contributed by atoms with Crippen molar-refractivity contribution in [3.8, 4) is 5.75 Å². The molecule has 0 saturated heterocycles. The molecule has 0 heterocycles. The third-order valence-corrected chi connectivity index (χ3v) is 8.48. The van der Waals surface area contributed by atoms with Crippen LogP contribution in [0.2, 0.25) is 0 Å². The summed E-state index contributed by atoms with van der Waals surface area (Å²) in [5.41, 5.74) is -0.0675. The van der Waals surface area contributed by atoms with Crippen molar-refractivity contribution in [2.45, 2.75) is 105 Å². The van der Waals surface area contributed by atoms with Crippen LogP contribution in [-0.2, 0) is 20.7 Å². The van der Waals surface area contributed by atoms with Crippen LogP contribution in [0, 0.1) is 34.9 Å². The van der Waals surface area contributed by atoms with Crippen LogP contribution >= 0.6 is 0 Å². The molecule has 1 aliphatic rings. The summed E-state index contributed by atoms with van der Waals surface area (Å²) in [6, 6.07) is 4.15. The van der Waals surface area contributed by atoms with Gasteiger partial charge < -0.3 is 35.1 Å². The minimum absolute atomic E-state index is 0.00185. The first kappa shape index (κ1) is 37.8. The molecule has 4 atom stereocenters. The number of carbonyl (C=O) groups excluding carboxylic acids is 2. The van der Waals surface area contributed by atoms with E-state index in [2.05, 4.69) is 24.5 Å². The fraction of sp³-hybridized carbons (Fsp3) is 0.765. The van der Waals surface area contributed by atoms with E-state index in [1.807, 2.05) is 13.8 Å². The topological polar surface area (TPSA) is 126 Å². The average molecular weight is 625 g/mol. The van der Waals surface area contributed by atoms with Gasteiger partial charge in [0.05, 0.1) is 25.4 Å². The van der Waals surface area contributed by atoms with Gasteiger partial charge in [-0.25, -0.2) is 9.18 Å². The van der Waals surface area contributed by atoms with E-state index in [0.29, 0.717) is 39.0 Å². The maximum atomic E-state index is 14.5. The summed E-state index contributed by atoms with van der Waals surface area (Å²) in [7, 11) is 1.61. The highest BCUT2D eigenvalue weighted by molar-refractivity contribution is 5.79. The van der Waals surface area contributed by atoms with Crippen molar-refractivity contribution in [2.75, 3.05) is 33.5 Å². The largest absolute Gasteiger partial charge is 0.490 e. The van der Waals surface area contributed by atoms with E-state index in [0.717, 1.165) is 18.4 Å². The van der Waals surface area contributed by atoms with E-state index in [4.69, 9.17) is 14.2 Å². The molecular formula is C34H57FN2O7. The number of carbonyl (C=O) groups is 2. The molecule has 2 rings (SSSR count). The highest BCUT2D eigenvalue weighted by Gasteiger charge is 2.43. The van der Waals surface area contributed by atoms with Crippen molar-refractivity contribution < 1.29 is 38.4 Å². The highest BCUT2D eigenvalue weighted by Crippen LogP contribution is 2.44. The second-order valence-corrected chi connectivity index (χ2v) is 14.2. The van der Waals surface area contributed by atoms with Crippen LogP contribution in [0.1, 0.15) is 86.1 Å². The molecule has 2 amide bonds. The Hall–Kier alpha value is -2.43. The number of nitrogens with one attached hydrogen (secondary N) is 2. The molecule has 1 fully saturated rings. The smallest absolute Gasteiger partial charge is 0.407 e. The molecule has 4 N–H and O–H groups in total. The molecule has 0 aromatic heterocycles. The number of alkyl carbamates (subject to hydrolysis) is 1. The zero-order valence-corrected chi connectivity index (χ0v) is 28.1. The molecule has 1 aliphatic carbocycles. The van der Waals surface area contributed by atoms with Crippen molar-refractivity contribution in [3.05, 3.63) is 29.6 Å². The van der Waals surface area contributed by atoms with Gasteiger partial charge in [0.25, 0.3) is 0 Å². The van der Waals surface area contributed by atoms with Gasteiger partial charge in [-0.05, 0) is 88.3 Å². The van der Waals surface area contributed by atoms with Gasteiger partial charge in [-0.3, -0.25) is 4.79 Å². The molecule has 0 unspecified atom stereocenters. The van der Waals surface area contributed by atoms with Gasteiger partial charge in [0.1, 0.15) is 5.60 Å². The van der Waals surface area contributed by atoms with Crippen LogP contribution in [0.4, 0.5) is 9.18 Å². The van der Waals surface area contributed by atoms with Crippen LogP contribution in [0.15, 0.2) is 18.2 Å². The number of rotatable bonds is 19. The van der Waals surface area contributed by atoms with E-state index in [-0.39, 0.29) is 47.9 Å². The van der Waals surface area contributed by atoms with Gasteiger partial charge in [0, 0.05) is 38.0 Å². The molecule has 0 radical (unpaired) electrons. The molecule has 252 valence electrons. The fourth-order valence-corrected chi connectivity index (χ4v) is 5.24. The van der Waals surface area contributed by atoms with Crippen LogP contribution in [-0.4, -0.2) is 73.4 Å². The Morgan fingerprint density at radius 2 is 1.75 bits per heavy atom. The molecule has 0 aliphatic heterocycles. The number of amides is 2. The minimum atomic E-state index is -1.03. The number of methoxy groups -OCH3 is 1. The van der Waals surface area contributed by atoms with Crippen molar-refractivity contribution in [2.24, 2.45) is 29.1 Å². The first-order chi connectivity index (χ1) is 20.6. The Morgan fingerprint density at radius 3 is 2.30 bits per heavy atom. The molecule has 1 saturated carbocycles. The van der Waals surface area contributed by atoms with Crippen LogP contribution in [0.3, 0.4) is 0 Å². The molecule has 1 aromatic rings. The Balaban J connectivity index is 2.22. The number of hydrogen-bond donors (Lipinski definition) is 4. The molecule has 44 heavy (non-hydrogen) atoms. The molecule has 9 nitrogen and oxygen atoms in total. The Bertz CT molecular complexity index is 1040. The summed E-state index contributed by atoms with van der Waals surface area (Å²) in [5, 5.41) is 27.1. The predicted molar refractivity (Wildman–Crippen MR) is 169 cm³/mol. The zero-order chi connectivity index (χ0) is 33.1. The van der Waals surface area contributed by atoms with E-state index >= 15 is 0 Å². The van der Waals surface area contributed by atoms with Gasteiger partial charge >= 0.3 is 6.09 Å². The third kappa shape index (κ3) is 12.9. The van der Waals surface area contributed by atoms with Gasteiger partial charge in [-0.15, -0.1) is 0 Å². The summed E-state index contributed by atoms with van der Waals surface area (Å²) < 4.78 is 30.7. The van der Waals surface area contributed by atoms with E-state index in [1.54, 1.807) is 40.0 Å². The van der Waals surface area contributed by atoms with Crippen molar-refractivity contribution >= 4 is 12.0 Å². The van der Waals surface area contributed by atoms with Gasteiger partial charge in [0.15, 0.2) is 11.6 Å². The summed E-state index contributed by atoms with van der Waals surface area (Å²) in [6.45, 7) is 14.7. The summed E-state index contributed by atoms with van der Waals surface area (Å²) in [5.74, 6) is -0.796.